The van der Waals surface area contributed by atoms with Crippen LogP contribution in [0.3, 0.4) is 0 Å². The summed E-state index contributed by atoms with van der Waals surface area (Å²) in [5.41, 5.74) is 1.12. The summed E-state index contributed by atoms with van der Waals surface area (Å²) in [7, 11) is 1.22. The van der Waals surface area contributed by atoms with Crippen molar-refractivity contribution >= 4 is 8.58 Å². The first-order valence-corrected chi connectivity index (χ1v) is 7.87. The van der Waals surface area contributed by atoms with E-state index in [0.717, 1.165) is 29.3 Å². The van der Waals surface area contributed by atoms with Gasteiger partial charge in [0.25, 0.3) is 0 Å². The summed E-state index contributed by atoms with van der Waals surface area (Å²) in [6.45, 7) is 7.32. The first-order valence-electron chi connectivity index (χ1n) is 6.79. The van der Waals surface area contributed by atoms with Crippen molar-refractivity contribution in [3.8, 4) is 0 Å². The Hall–Kier alpha value is 0.430. The summed E-state index contributed by atoms with van der Waals surface area (Å²) in [6.07, 6.45) is 7.99. The molecule has 0 amide bonds. The maximum atomic E-state index is 2.44. The highest BCUT2D eigenvalue weighted by Crippen LogP contribution is 2.60. The maximum absolute atomic E-state index is 2.44. The fourth-order valence-corrected chi connectivity index (χ4v) is 6.68. The molecule has 0 aromatic carbocycles. The lowest BCUT2D eigenvalue weighted by Gasteiger charge is -2.55. The van der Waals surface area contributed by atoms with Crippen LogP contribution in [0.5, 0.6) is 0 Å². The third-order valence-electron chi connectivity index (χ3n) is 4.83. The van der Waals surface area contributed by atoms with Crippen LogP contribution >= 0.6 is 8.58 Å². The van der Waals surface area contributed by atoms with Crippen LogP contribution < -0.4 is 0 Å². The summed E-state index contributed by atoms with van der Waals surface area (Å²) in [5.74, 6) is 4.57. The van der Waals surface area contributed by atoms with Gasteiger partial charge in [0.1, 0.15) is 0 Å². The van der Waals surface area contributed by atoms with E-state index in [1.54, 1.807) is 32.1 Å². The van der Waals surface area contributed by atoms with Gasteiger partial charge in [-0.2, -0.15) is 0 Å². The first-order chi connectivity index (χ1) is 7.01. The molecule has 15 heavy (non-hydrogen) atoms. The van der Waals surface area contributed by atoms with Crippen molar-refractivity contribution < 1.29 is 0 Å². The third-order valence-corrected chi connectivity index (χ3v) is 6.97. The topological polar surface area (TPSA) is 0 Å². The van der Waals surface area contributed by atoms with Gasteiger partial charge in [0, 0.05) is 0 Å². The lowest BCUT2D eigenvalue weighted by atomic mass is 9.56. The van der Waals surface area contributed by atoms with Gasteiger partial charge in [-0.05, 0) is 66.6 Å². The van der Waals surface area contributed by atoms with E-state index in [1.807, 2.05) is 0 Å². The van der Waals surface area contributed by atoms with Crippen molar-refractivity contribution in [1.29, 1.82) is 0 Å². The lowest BCUT2D eigenvalue weighted by Crippen LogP contribution is -2.47. The minimum Gasteiger partial charge on any atom is -0.113 e. The van der Waals surface area contributed by atoms with Gasteiger partial charge in [-0.3, -0.25) is 0 Å². The Balaban J connectivity index is 1.75. The van der Waals surface area contributed by atoms with Crippen LogP contribution in [-0.2, 0) is 0 Å². The molecule has 1 heteroatoms. The zero-order valence-electron chi connectivity index (χ0n) is 10.4. The summed E-state index contributed by atoms with van der Waals surface area (Å²) in [4.78, 5) is 0. The molecule has 0 aliphatic heterocycles. The Morgan fingerprint density at radius 1 is 0.800 bits per heavy atom. The molecule has 0 aromatic rings. The highest BCUT2D eigenvalue weighted by molar-refractivity contribution is 7.40. The van der Waals surface area contributed by atoms with E-state index in [2.05, 4.69) is 20.8 Å². The largest absolute Gasteiger partial charge is 0.113 e. The SMILES string of the molecule is CC(C)(C)PC1C2CC3CC(C2)CC1C3. The average molecular weight is 224 g/mol. The van der Waals surface area contributed by atoms with E-state index in [9.17, 15) is 0 Å². The lowest BCUT2D eigenvalue weighted by molar-refractivity contribution is 0.0252. The highest BCUT2D eigenvalue weighted by Gasteiger charge is 2.48. The third kappa shape index (κ3) is 1.99. The Morgan fingerprint density at radius 3 is 1.67 bits per heavy atom. The molecule has 1 unspecified atom stereocenters. The van der Waals surface area contributed by atoms with E-state index in [1.165, 1.54) is 8.58 Å². The van der Waals surface area contributed by atoms with Crippen molar-refractivity contribution in [3.05, 3.63) is 0 Å². The van der Waals surface area contributed by atoms with Crippen molar-refractivity contribution in [1.82, 2.24) is 0 Å². The van der Waals surface area contributed by atoms with Crippen molar-refractivity contribution in [2.75, 3.05) is 0 Å². The molecule has 0 aromatic heterocycles. The maximum Gasteiger partial charge on any atom is -0.0175 e. The van der Waals surface area contributed by atoms with Gasteiger partial charge >= 0.3 is 0 Å². The zero-order valence-corrected chi connectivity index (χ0v) is 11.4. The van der Waals surface area contributed by atoms with E-state index < -0.39 is 0 Å². The van der Waals surface area contributed by atoms with Crippen LogP contribution in [-0.4, -0.2) is 10.8 Å². The van der Waals surface area contributed by atoms with Gasteiger partial charge < -0.3 is 0 Å². The standard InChI is InChI=1S/C14H25P/c1-14(2,3)15-13-11-5-9-4-10(7-11)8-12(13)6-9/h9-13,15H,4-8H2,1-3H3. The molecular formula is C14H25P. The quantitative estimate of drug-likeness (QED) is 0.583. The van der Waals surface area contributed by atoms with Gasteiger partial charge in [0.15, 0.2) is 0 Å². The normalized spacial score (nSPS) is 49.4. The Kier molecular flexibility index (Phi) is 2.44. The molecule has 4 aliphatic carbocycles. The molecule has 86 valence electrons. The number of hydrogen-bond donors (Lipinski definition) is 0. The molecule has 4 aliphatic rings. The van der Waals surface area contributed by atoms with E-state index in [4.69, 9.17) is 0 Å². The van der Waals surface area contributed by atoms with Gasteiger partial charge in [0.05, 0.1) is 0 Å². The van der Waals surface area contributed by atoms with Crippen LogP contribution in [0.1, 0.15) is 52.9 Å². The second-order valence-corrected chi connectivity index (χ2v) is 9.81. The van der Waals surface area contributed by atoms with Gasteiger partial charge in [-0.15, -0.1) is 8.58 Å². The molecular weight excluding hydrogens is 199 g/mol. The fraction of sp³-hybridized carbons (Fsp3) is 1.00. The van der Waals surface area contributed by atoms with Crippen molar-refractivity contribution in [3.63, 3.8) is 0 Å². The van der Waals surface area contributed by atoms with Crippen LogP contribution in [0.25, 0.3) is 0 Å². The minimum absolute atomic E-state index is 0.583. The molecule has 0 radical (unpaired) electrons. The summed E-state index contributed by atoms with van der Waals surface area (Å²) >= 11 is 0. The first kappa shape index (κ1) is 10.6. The smallest absolute Gasteiger partial charge is 0.0175 e. The summed E-state index contributed by atoms with van der Waals surface area (Å²) in [6, 6.07) is 0. The molecule has 0 spiro atoms. The van der Waals surface area contributed by atoms with Crippen molar-refractivity contribution in [2.24, 2.45) is 23.7 Å². The fourth-order valence-electron chi connectivity index (χ4n) is 4.66. The molecule has 4 bridgehead atoms. The molecule has 4 fully saturated rings. The van der Waals surface area contributed by atoms with E-state index in [0.29, 0.717) is 5.16 Å². The van der Waals surface area contributed by atoms with Crippen LogP contribution in [0, 0.1) is 23.7 Å². The molecule has 0 saturated heterocycles. The number of hydrogen-bond acceptors (Lipinski definition) is 0. The van der Waals surface area contributed by atoms with Crippen LogP contribution in [0.2, 0.25) is 0 Å². The van der Waals surface area contributed by atoms with Gasteiger partial charge in [-0.25, -0.2) is 0 Å². The zero-order chi connectivity index (χ0) is 10.6. The Bertz CT molecular complexity index is 223. The second-order valence-electron chi connectivity index (χ2n) is 7.35. The minimum atomic E-state index is 0.583. The molecule has 4 saturated carbocycles. The van der Waals surface area contributed by atoms with Gasteiger partial charge in [0.2, 0.25) is 0 Å². The van der Waals surface area contributed by atoms with Crippen molar-refractivity contribution in [2.45, 2.75) is 63.7 Å². The monoisotopic (exact) mass is 224 g/mol. The van der Waals surface area contributed by atoms with E-state index in [-0.39, 0.29) is 0 Å². The number of rotatable bonds is 1. The highest BCUT2D eigenvalue weighted by atomic mass is 31.1. The summed E-state index contributed by atoms with van der Waals surface area (Å²) < 4.78 is 0. The second kappa shape index (κ2) is 3.46. The van der Waals surface area contributed by atoms with Crippen LogP contribution in [0.4, 0.5) is 0 Å². The predicted molar refractivity (Wildman–Crippen MR) is 68.9 cm³/mol. The van der Waals surface area contributed by atoms with Crippen LogP contribution in [0.15, 0.2) is 0 Å². The molecule has 0 N–H and O–H groups in total. The molecule has 4 rings (SSSR count). The Morgan fingerprint density at radius 2 is 1.27 bits per heavy atom. The average Bonchev–Trinajstić information content (AvgIpc) is 2.08. The van der Waals surface area contributed by atoms with Gasteiger partial charge in [-0.1, -0.05) is 20.8 Å². The summed E-state index contributed by atoms with van der Waals surface area (Å²) in [5, 5.41) is 0.583. The molecule has 1 atom stereocenters. The predicted octanol–water partition coefficient (Wildman–Crippen LogP) is 4.29. The van der Waals surface area contributed by atoms with E-state index >= 15 is 0 Å². The Labute approximate surface area is 96.4 Å². The molecule has 0 nitrogen and oxygen atoms in total. The molecule has 0 heterocycles.